The molecule has 0 aliphatic carbocycles. The van der Waals surface area contributed by atoms with Crippen LogP contribution in [0.5, 0.6) is 0 Å². The Balaban J connectivity index is 0.636. The van der Waals surface area contributed by atoms with Crippen molar-refractivity contribution in [3.05, 3.63) is 119 Å². The van der Waals surface area contributed by atoms with Crippen LogP contribution in [0.15, 0.2) is 90.7 Å². The topological polar surface area (TPSA) is 425 Å². The number of carbonyl (C=O) groups is 7. The molecule has 0 spiro atoms. The molecule has 2 bridgehead atoms. The molecule has 2 aromatic carbocycles. The molecule has 3 fully saturated rings. The lowest BCUT2D eigenvalue weighted by Gasteiger charge is -2.27. The zero-order valence-corrected chi connectivity index (χ0v) is 60.5. The first kappa shape index (κ1) is 79.8. The first-order valence-electron chi connectivity index (χ1n) is 33.0. The Morgan fingerprint density at radius 2 is 1.45 bits per heavy atom. The molecule has 0 radical (unpaired) electrons. The minimum atomic E-state index is -4.63. The van der Waals surface area contributed by atoms with Crippen molar-refractivity contribution in [1.82, 2.24) is 49.2 Å². The van der Waals surface area contributed by atoms with E-state index in [0.29, 0.717) is 56.5 Å². The van der Waals surface area contributed by atoms with Crippen LogP contribution in [0, 0.1) is 17.7 Å². The third-order valence-electron chi connectivity index (χ3n) is 16.8. The maximum absolute atomic E-state index is 16.9. The number of alkyl halides is 1. The fourth-order valence-electron chi connectivity index (χ4n) is 11.4. The number of imidazole rings is 1. The van der Waals surface area contributed by atoms with E-state index in [4.69, 9.17) is 67.8 Å². The number of fused-ring (bicyclic) bond motifs is 5. The largest absolute Gasteiger partial charge is 0.445 e. The molecule has 35 nitrogen and oxygen atoms in total. The molecule has 12 atom stereocenters. The van der Waals surface area contributed by atoms with Crippen LogP contribution in [0.3, 0.4) is 0 Å². The molecule has 2 unspecified atom stereocenters. The van der Waals surface area contributed by atoms with Gasteiger partial charge in [-0.3, -0.25) is 56.6 Å². The standard InChI is InChI=1S/C64H78F2N12O23P2S2/c1-36(2)51(73-46(80)15-17-90-19-21-92-23-25-94-26-24-93-22-20-91-18-16-76-47(81)13-14-48(76)82)43(79)27-37(3)59(84)72-40-11-9-38(10-12-40)30-95-64(87)75(4)28-39-7-5-6-8-41(39)60(85)74-56-52-58(69-33-67-56)78(35-71-52)62-50(66)54-45(99-62)32-97-103(89,105)101-55-53(83)44(31-96-102(88,104)100-54)98-63(55)77-29-42(65)49-57(77)68-34-70-61(49)86/h5-14,29,33-37,44-45,50-51,53-55,62-63,83H,15-28,30-32H2,1-4H3,(H,72,84)(H,73,80)(H,88,104)(H,89,105)(H,68,70,86)(H,67,69,74,85)/t37-,44-,45-,50-,51+,53-,54-,55-,62-,63-,102?,103?/m1/s1. The highest BCUT2D eigenvalue weighted by atomic mass is 32.7. The van der Waals surface area contributed by atoms with Gasteiger partial charge >= 0.3 is 19.6 Å². The lowest BCUT2D eigenvalue weighted by Crippen LogP contribution is -2.45. The van der Waals surface area contributed by atoms with Crippen molar-refractivity contribution in [2.45, 2.75) is 102 Å². The fourth-order valence-corrected chi connectivity index (χ4v) is 14.3. The minimum Gasteiger partial charge on any atom is -0.445 e. The van der Waals surface area contributed by atoms with Crippen molar-refractivity contribution in [1.29, 1.82) is 0 Å². The van der Waals surface area contributed by atoms with Crippen molar-refractivity contribution >= 4 is 113 Å². The molecule has 6 N–H and O–H groups in total. The normalized spacial score (nSPS) is 23.9. The summed E-state index contributed by atoms with van der Waals surface area (Å²) >= 11 is 9.38. The highest BCUT2D eigenvalue weighted by Gasteiger charge is 2.54. The number of H-pyrrole nitrogens is 1. The first-order valence-corrected chi connectivity index (χ1v) is 38.3. The number of anilines is 2. The number of amides is 6. The van der Waals surface area contributed by atoms with E-state index in [2.05, 4.69) is 53.1 Å². The number of benzene rings is 2. The second-order valence-electron chi connectivity index (χ2n) is 24.6. The number of nitrogens with zero attached hydrogens (tertiary/aromatic N) is 8. The number of aliphatic hydroxyl groups is 1. The summed E-state index contributed by atoms with van der Waals surface area (Å²) in [5.74, 6) is -4.71. The van der Waals surface area contributed by atoms with Gasteiger partial charge in [0, 0.05) is 62.0 Å². The minimum absolute atomic E-state index is 0.00309. The van der Waals surface area contributed by atoms with Gasteiger partial charge in [0.25, 0.3) is 23.3 Å². The molecule has 6 amide bonds. The quantitative estimate of drug-likeness (QED) is 0.0130. The third kappa shape index (κ3) is 20.9. The number of nitrogens with one attached hydrogen (secondary N) is 4. The molecule has 8 heterocycles. The number of rotatable bonds is 33. The van der Waals surface area contributed by atoms with E-state index in [1.807, 2.05) is 0 Å². The van der Waals surface area contributed by atoms with E-state index >= 15 is 8.78 Å². The van der Waals surface area contributed by atoms with Crippen LogP contribution in [0.25, 0.3) is 22.2 Å². The van der Waals surface area contributed by atoms with Gasteiger partial charge in [-0.25, -0.2) is 38.1 Å². The van der Waals surface area contributed by atoms with Gasteiger partial charge in [0.1, 0.15) is 48.8 Å². The maximum atomic E-state index is 16.9. The van der Waals surface area contributed by atoms with Crippen LogP contribution < -0.4 is 21.5 Å². The number of thiol groups is 1. The lowest BCUT2D eigenvalue weighted by atomic mass is 9.92. The highest BCUT2D eigenvalue weighted by molar-refractivity contribution is 8.44. The van der Waals surface area contributed by atoms with Crippen molar-refractivity contribution in [2.75, 3.05) is 104 Å². The molecular weight excluding hydrogens is 1470 g/mol. The Morgan fingerprint density at radius 1 is 0.800 bits per heavy atom. The van der Waals surface area contributed by atoms with E-state index < -0.39 is 123 Å². The van der Waals surface area contributed by atoms with Crippen molar-refractivity contribution in [3.63, 3.8) is 0 Å². The van der Waals surface area contributed by atoms with Gasteiger partial charge in [0.05, 0.1) is 105 Å². The fraction of sp³-hybridized carbons (Fsp3) is 0.500. The molecule has 6 aromatic rings. The van der Waals surface area contributed by atoms with Crippen molar-refractivity contribution in [2.24, 2.45) is 11.8 Å². The summed E-state index contributed by atoms with van der Waals surface area (Å²) in [4.78, 5) is 135. The first-order chi connectivity index (χ1) is 50.3. The van der Waals surface area contributed by atoms with E-state index in [1.165, 1.54) is 30.2 Å². The number of aromatic amines is 1. The number of aromatic nitrogens is 7. The van der Waals surface area contributed by atoms with Crippen LogP contribution >= 0.6 is 25.8 Å². The summed E-state index contributed by atoms with van der Waals surface area (Å²) < 4.78 is 115. The SMILES string of the molecule is CC(C)[C@H](NC(=O)CCOCCOCCOCCOCCOCCN1C(=O)C=CC1=O)C(=O)C[C@@H](C)C(=O)Nc1ccc(COC(=O)N(C)Cc2ccccc2C(=O)Nc2ncnc3c2ncn3[C@@H]2O[C@@H]3COP(O)(=S)O[C@@H]4[C@H](O)[C@@H](COP(=O)(S)O[C@H]3[C@H]2F)O[C@H]4n2cc(F)c3c(=O)[nH]cnc32)cc1. The molecule has 105 heavy (non-hydrogen) atoms. The number of ketones is 1. The van der Waals surface area contributed by atoms with Gasteiger partial charge in [0.2, 0.25) is 11.8 Å². The predicted molar refractivity (Wildman–Crippen MR) is 370 cm³/mol. The number of hydrogen-bond acceptors (Lipinski definition) is 27. The molecule has 4 aliphatic heterocycles. The molecular formula is C64H78F2N12O23P2S2. The van der Waals surface area contributed by atoms with Gasteiger partial charge in [-0.1, -0.05) is 63.4 Å². The lowest BCUT2D eigenvalue weighted by molar-refractivity contribution is -0.137. The van der Waals surface area contributed by atoms with Crippen molar-refractivity contribution in [3.8, 4) is 0 Å². The number of halogens is 2. The monoisotopic (exact) mass is 1550 g/mol. The average molecular weight is 1550 g/mol. The molecule has 3 saturated heterocycles. The highest BCUT2D eigenvalue weighted by Crippen LogP contribution is 2.58. The predicted octanol–water partition coefficient (Wildman–Crippen LogP) is 4.36. The van der Waals surface area contributed by atoms with Crippen LogP contribution in [0.2, 0.25) is 0 Å². The molecule has 0 saturated carbocycles. The van der Waals surface area contributed by atoms with Crippen LogP contribution in [-0.4, -0.2) is 231 Å². The Kier molecular flexibility index (Phi) is 27.9. The second-order valence-corrected chi connectivity index (χ2v) is 30.3. The molecule has 10 rings (SSSR count). The van der Waals surface area contributed by atoms with E-state index in [9.17, 15) is 52.9 Å². The number of carbonyl (C=O) groups excluding carboxylic acids is 7. The van der Waals surface area contributed by atoms with E-state index in [1.54, 1.807) is 63.2 Å². The van der Waals surface area contributed by atoms with Crippen LogP contribution in [-0.2, 0) is 109 Å². The van der Waals surface area contributed by atoms with Crippen molar-refractivity contribution < 1.29 is 113 Å². The zero-order chi connectivity index (χ0) is 75.1. The van der Waals surface area contributed by atoms with Crippen LogP contribution in [0.1, 0.15) is 67.6 Å². The van der Waals surface area contributed by atoms with Gasteiger partial charge in [-0.2, -0.15) is 0 Å². The Hall–Kier alpha value is -7.79. The molecule has 568 valence electrons. The van der Waals surface area contributed by atoms with Gasteiger partial charge < -0.3 is 82.8 Å². The zero-order valence-electron chi connectivity index (χ0n) is 57.0. The number of ether oxygens (including phenoxy) is 8. The average Bonchev–Trinajstić information content (AvgIpc) is 1.69. The van der Waals surface area contributed by atoms with Crippen LogP contribution in [0.4, 0.5) is 25.1 Å². The summed E-state index contributed by atoms with van der Waals surface area (Å²) in [6, 6.07) is 12.0. The summed E-state index contributed by atoms with van der Waals surface area (Å²) in [7, 11) is 1.47. The van der Waals surface area contributed by atoms with E-state index in [0.717, 1.165) is 39.2 Å². The van der Waals surface area contributed by atoms with Gasteiger partial charge in [0.15, 0.2) is 52.9 Å². The van der Waals surface area contributed by atoms with Gasteiger partial charge in [-0.05, 0) is 47.1 Å². The third-order valence-corrected chi connectivity index (χ3v) is 19.9. The summed E-state index contributed by atoms with van der Waals surface area (Å²) in [5, 5.41) is 19.2. The molecule has 4 aromatic heterocycles. The molecule has 41 heteroatoms. The molecule has 4 aliphatic rings. The number of aliphatic hydroxyl groups excluding tert-OH is 1. The number of hydrogen-bond donors (Lipinski definition) is 7. The Labute approximate surface area is 608 Å². The smallest absolute Gasteiger partial charge is 0.410 e. The Bertz CT molecular complexity index is 4270. The van der Waals surface area contributed by atoms with E-state index in [-0.39, 0.29) is 117 Å². The van der Waals surface area contributed by atoms with Gasteiger partial charge in [-0.15, -0.1) is 0 Å². The second kappa shape index (κ2) is 36.7. The number of Topliss-reactive ketones (excluding diaryl/α,β-unsaturated/α-hetero) is 1. The number of imide groups is 1. The summed E-state index contributed by atoms with van der Waals surface area (Å²) in [5.41, 5.74) is 0.327. The Morgan fingerprint density at radius 3 is 2.13 bits per heavy atom. The summed E-state index contributed by atoms with van der Waals surface area (Å²) in [6.45, 7) is -2.82. The summed E-state index contributed by atoms with van der Waals surface area (Å²) in [6.07, 6.45) is -8.08. The maximum Gasteiger partial charge on any atom is 0.410 e.